The molecule has 1 aliphatic carbocycles. The van der Waals surface area contributed by atoms with Crippen LogP contribution in [0.5, 0.6) is 0 Å². The topological polar surface area (TPSA) is 93.0 Å². The minimum atomic E-state index is -0.717. The number of hydrogen-bond donors (Lipinski definition) is 1. The van der Waals surface area contributed by atoms with E-state index in [0.717, 1.165) is 30.6 Å². The Labute approximate surface area is 202 Å². The third kappa shape index (κ3) is 5.85. The van der Waals surface area contributed by atoms with Gasteiger partial charge in [-0.25, -0.2) is 4.39 Å². The van der Waals surface area contributed by atoms with Gasteiger partial charge < -0.3 is 5.32 Å². The number of halogens is 1. The van der Waals surface area contributed by atoms with Gasteiger partial charge in [0, 0.05) is 11.7 Å². The van der Waals surface area contributed by atoms with Crippen molar-refractivity contribution < 1.29 is 14.0 Å². The second-order valence-electron chi connectivity index (χ2n) is 8.51. The molecule has 0 aliphatic heterocycles. The van der Waals surface area contributed by atoms with Crippen molar-refractivity contribution in [3.8, 4) is 10.7 Å². The normalized spacial score (nSPS) is 15.1. The third-order valence-electron chi connectivity index (χ3n) is 5.97. The lowest BCUT2D eigenvalue weighted by molar-refractivity contribution is -0.127. The van der Waals surface area contributed by atoms with Gasteiger partial charge in [-0.3, -0.25) is 14.5 Å². The molecule has 1 N–H and O–H groups in total. The number of benzene rings is 1. The second-order valence-corrected chi connectivity index (χ2v) is 9.46. The molecular formula is C24H29FN6O2S. The van der Waals surface area contributed by atoms with Crippen LogP contribution in [-0.4, -0.2) is 44.1 Å². The van der Waals surface area contributed by atoms with Crippen molar-refractivity contribution in [2.75, 3.05) is 4.90 Å². The van der Waals surface area contributed by atoms with Gasteiger partial charge in [0.25, 0.3) is 5.91 Å². The summed E-state index contributed by atoms with van der Waals surface area (Å²) in [5, 5.41) is 17.5. The molecule has 2 amide bonds. The van der Waals surface area contributed by atoms with Crippen LogP contribution in [0.25, 0.3) is 10.7 Å². The number of hydrogen-bond acceptors (Lipinski definition) is 6. The number of thiophene rings is 1. The fraction of sp³-hybridized carbons (Fsp3) is 0.458. The molecule has 1 fully saturated rings. The number of nitrogens with one attached hydrogen (secondary N) is 1. The summed E-state index contributed by atoms with van der Waals surface area (Å²) in [6.45, 7) is 1.78. The van der Waals surface area contributed by atoms with Crippen molar-refractivity contribution in [3.05, 3.63) is 47.6 Å². The van der Waals surface area contributed by atoms with Crippen molar-refractivity contribution in [1.29, 1.82) is 0 Å². The van der Waals surface area contributed by atoms with Crippen molar-refractivity contribution >= 4 is 28.8 Å². The maximum absolute atomic E-state index is 13.6. The summed E-state index contributed by atoms with van der Waals surface area (Å²) in [5.41, 5.74) is 0.460. The number of tetrazole rings is 1. The number of amides is 2. The molecule has 1 aromatic carbocycles. The number of anilines is 1. The molecule has 3 aromatic rings. The van der Waals surface area contributed by atoms with Gasteiger partial charge in [0.1, 0.15) is 18.4 Å². The molecule has 180 valence electrons. The van der Waals surface area contributed by atoms with E-state index in [4.69, 9.17) is 0 Å². The van der Waals surface area contributed by atoms with Crippen LogP contribution in [0, 0.1) is 5.82 Å². The highest BCUT2D eigenvalue weighted by Crippen LogP contribution is 2.24. The summed E-state index contributed by atoms with van der Waals surface area (Å²) in [5.74, 6) is -0.513. The first-order chi connectivity index (χ1) is 16.5. The van der Waals surface area contributed by atoms with Crippen molar-refractivity contribution in [3.63, 3.8) is 0 Å². The Balaban J connectivity index is 1.58. The molecule has 10 heteroatoms. The molecular weight excluding hydrogens is 455 g/mol. The van der Waals surface area contributed by atoms with Crippen LogP contribution >= 0.6 is 11.3 Å². The van der Waals surface area contributed by atoms with E-state index in [1.54, 1.807) is 0 Å². The molecule has 0 spiro atoms. The van der Waals surface area contributed by atoms with Crippen LogP contribution in [0.2, 0.25) is 0 Å². The fourth-order valence-electron chi connectivity index (χ4n) is 4.31. The monoisotopic (exact) mass is 484 g/mol. The zero-order valence-electron chi connectivity index (χ0n) is 19.2. The highest BCUT2D eigenvalue weighted by molar-refractivity contribution is 7.13. The summed E-state index contributed by atoms with van der Waals surface area (Å²) in [6.07, 6.45) is 6.45. The van der Waals surface area contributed by atoms with E-state index in [2.05, 4.69) is 20.7 Å². The van der Waals surface area contributed by atoms with E-state index in [9.17, 15) is 14.0 Å². The molecule has 1 atom stereocenters. The van der Waals surface area contributed by atoms with E-state index in [1.807, 2.05) is 24.4 Å². The first-order valence-electron chi connectivity index (χ1n) is 11.7. The molecule has 2 aromatic heterocycles. The minimum Gasteiger partial charge on any atom is -0.352 e. The smallest absolute Gasteiger partial charge is 0.251 e. The van der Waals surface area contributed by atoms with Gasteiger partial charge in [0.2, 0.25) is 11.7 Å². The molecule has 1 aliphatic rings. The minimum absolute atomic E-state index is 0.121. The van der Waals surface area contributed by atoms with Crippen LogP contribution < -0.4 is 10.2 Å². The molecule has 1 saturated carbocycles. The highest BCUT2D eigenvalue weighted by atomic mass is 32.1. The highest BCUT2D eigenvalue weighted by Gasteiger charge is 2.32. The quantitative estimate of drug-likeness (QED) is 0.492. The molecule has 4 rings (SSSR count). The predicted octanol–water partition coefficient (Wildman–Crippen LogP) is 4.19. The van der Waals surface area contributed by atoms with E-state index in [1.165, 1.54) is 51.7 Å². The second kappa shape index (κ2) is 11.3. The first kappa shape index (κ1) is 24.0. The average Bonchev–Trinajstić information content (AvgIpc) is 3.53. The van der Waals surface area contributed by atoms with Gasteiger partial charge in [-0.1, -0.05) is 38.7 Å². The number of nitrogens with zero attached hydrogens (tertiary/aromatic N) is 5. The van der Waals surface area contributed by atoms with E-state index in [0.29, 0.717) is 24.4 Å². The fourth-order valence-corrected chi connectivity index (χ4v) is 4.95. The summed E-state index contributed by atoms with van der Waals surface area (Å²) in [7, 11) is 0. The van der Waals surface area contributed by atoms with Crippen LogP contribution in [0.1, 0.15) is 51.9 Å². The molecule has 34 heavy (non-hydrogen) atoms. The summed E-state index contributed by atoms with van der Waals surface area (Å²) in [4.78, 5) is 30.4. The van der Waals surface area contributed by atoms with Gasteiger partial charge >= 0.3 is 0 Å². The molecule has 0 saturated heterocycles. The van der Waals surface area contributed by atoms with Gasteiger partial charge in [0.05, 0.1) is 4.88 Å². The van der Waals surface area contributed by atoms with E-state index >= 15 is 0 Å². The molecule has 0 bridgehead atoms. The summed E-state index contributed by atoms with van der Waals surface area (Å²) < 4.78 is 13.6. The lowest BCUT2D eigenvalue weighted by Crippen LogP contribution is -2.53. The Morgan fingerprint density at radius 1 is 1.21 bits per heavy atom. The van der Waals surface area contributed by atoms with Crippen LogP contribution in [0.4, 0.5) is 10.1 Å². The number of aromatic nitrogens is 4. The lowest BCUT2D eigenvalue weighted by Gasteiger charge is -2.33. The average molecular weight is 485 g/mol. The van der Waals surface area contributed by atoms with Crippen molar-refractivity contribution in [1.82, 2.24) is 25.5 Å². The van der Waals surface area contributed by atoms with Gasteiger partial charge in [-0.15, -0.1) is 21.5 Å². The Morgan fingerprint density at radius 3 is 2.65 bits per heavy atom. The van der Waals surface area contributed by atoms with Gasteiger partial charge in [-0.05, 0) is 60.2 Å². The summed E-state index contributed by atoms with van der Waals surface area (Å²) >= 11 is 1.48. The zero-order chi connectivity index (χ0) is 23.9. The Kier molecular flexibility index (Phi) is 7.99. The third-order valence-corrected chi connectivity index (χ3v) is 6.84. The number of carbonyl (C=O) groups excluding carboxylic acids is 2. The van der Waals surface area contributed by atoms with Gasteiger partial charge in [-0.2, -0.15) is 4.80 Å². The lowest BCUT2D eigenvalue weighted by atomic mass is 9.95. The first-order valence-corrected chi connectivity index (χ1v) is 12.6. The Bertz CT molecular complexity index is 1080. The van der Waals surface area contributed by atoms with E-state index < -0.39 is 11.9 Å². The maximum Gasteiger partial charge on any atom is 0.251 e. The van der Waals surface area contributed by atoms with E-state index in [-0.39, 0.29) is 24.4 Å². The number of rotatable bonds is 9. The molecule has 1 unspecified atom stereocenters. The standard InChI is InChI=1S/C24H29FN6O2S/c1-2-7-20(24(33)26-18-8-4-3-5-9-18)31(19-13-11-17(25)12-14-19)22(32)16-30-28-23(27-29-30)21-10-6-15-34-21/h6,10-15,18,20H,2-5,7-9,16H2,1H3,(H,26,33). The van der Waals surface area contributed by atoms with Crippen LogP contribution in [0.3, 0.4) is 0 Å². The number of carbonyl (C=O) groups is 2. The maximum atomic E-state index is 13.6. The van der Waals surface area contributed by atoms with Crippen molar-refractivity contribution in [2.24, 2.45) is 0 Å². The molecule has 2 heterocycles. The Hall–Kier alpha value is -3.14. The van der Waals surface area contributed by atoms with Crippen LogP contribution in [-0.2, 0) is 16.1 Å². The van der Waals surface area contributed by atoms with Crippen LogP contribution in [0.15, 0.2) is 41.8 Å². The summed E-state index contributed by atoms with van der Waals surface area (Å²) in [6, 6.07) is 8.81. The Morgan fingerprint density at radius 2 is 1.97 bits per heavy atom. The SMILES string of the molecule is CCCC(C(=O)NC1CCCCC1)N(C(=O)Cn1nnc(-c2cccs2)n1)c1ccc(F)cc1. The predicted molar refractivity (Wildman–Crippen MR) is 129 cm³/mol. The molecule has 0 radical (unpaired) electrons. The molecule has 8 nitrogen and oxygen atoms in total. The van der Waals surface area contributed by atoms with Crippen molar-refractivity contribution in [2.45, 2.75) is 70.5 Å². The largest absolute Gasteiger partial charge is 0.352 e. The zero-order valence-corrected chi connectivity index (χ0v) is 20.0. The van der Waals surface area contributed by atoms with Gasteiger partial charge in [0.15, 0.2) is 0 Å².